The van der Waals surface area contributed by atoms with Gasteiger partial charge in [-0.2, -0.15) is 0 Å². The summed E-state index contributed by atoms with van der Waals surface area (Å²) in [5.41, 5.74) is 0.903. The van der Waals surface area contributed by atoms with Gasteiger partial charge in [-0.05, 0) is 13.0 Å². The Labute approximate surface area is 127 Å². The van der Waals surface area contributed by atoms with Crippen molar-refractivity contribution in [3.8, 4) is 11.5 Å². The van der Waals surface area contributed by atoms with Gasteiger partial charge >= 0.3 is 5.97 Å². The van der Waals surface area contributed by atoms with E-state index in [0.717, 1.165) is 0 Å². The third kappa shape index (κ3) is 2.89. The zero-order valence-electron chi connectivity index (χ0n) is 12.6. The molecule has 0 amide bonds. The standard InChI is InChI=1S/C15H18N2O5/c1-8(7-18)17-13-10-4-9(21-2)5-12(22-3)14(10)16-6-11(13)15(19)20/h4-6,8,18H,7H2,1-3H3,(H,16,17)(H,19,20)/t8-/m0/s1. The lowest BCUT2D eigenvalue weighted by Crippen LogP contribution is -2.21. The molecule has 0 aliphatic rings. The van der Waals surface area contributed by atoms with Gasteiger partial charge in [-0.25, -0.2) is 4.79 Å². The molecule has 0 saturated carbocycles. The van der Waals surface area contributed by atoms with Gasteiger partial charge in [0.1, 0.15) is 22.6 Å². The first-order chi connectivity index (χ1) is 10.5. The van der Waals surface area contributed by atoms with Gasteiger partial charge in [-0.3, -0.25) is 4.98 Å². The Morgan fingerprint density at radius 2 is 2.09 bits per heavy atom. The molecule has 1 heterocycles. The number of methoxy groups -OCH3 is 2. The Bertz CT molecular complexity index is 702. The Hall–Kier alpha value is -2.54. The highest BCUT2D eigenvalue weighted by molar-refractivity contribution is 6.06. The molecule has 1 atom stereocenters. The maximum atomic E-state index is 11.4. The minimum atomic E-state index is -1.11. The van der Waals surface area contributed by atoms with E-state index in [-0.39, 0.29) is 18.2 Å². The maximum absolute atomic E-state index is 11.4. The molecule has 118 valence electrons. The van der Waals surface area contributed by atoms with Crippen LogP contribution >= 0.6 is 0 Å². The van der Waals surface area contributed by atoms with Crippen molar-refractivity contribution in [3.63, 3.8) is 0 Å². The number of rotatable bonds is 6. The summed E-state index contributed by atoms with van der Waals surface area (Å²) in [6.07, 6.45) is 1.27. The highest BCUT2D eigenvalue weighted by Gasteiger charge is 2.19. The van der Waals surface area contributed by atoms with Crippen LogP contribution in [0.15, 0.2) is 18.3 Å². The number of carbonyl (C=O) groups is 1. The second kappa shape index (κ2) is 6.48. The molecule has 0 radical (unpaired) electrons. The minimum Gasteiger partial charge on any atom is -0.497 e. The van der Waals surface area contributed by atoms with E-state index >= 15 is 0 Å². The Balaban J connectivity index is 2.78. The fourth-order valence-corrected chi connectivity index (χ4v) is 2.13. The molecule has 0 bridgehead atoms. The lowest BCUT2D eigenvalue weighted by molar-refractivity contribution is 0.0697. The van der Waals surface area contributed by atoms with Crippen LogP contribution in [0.1, 0.15) is 17.3 Å². The number of carboxylic acid groups (broad SMARTS) is 1. The van der Waals surface area contributed by atoms with Crippen LogP contribution in [-0.2, 0) is 0 Å². The highest BCUT2D eigenvalue weighted by atomic mass is 16.5. The molecule has 0 saturated heterocycles. The molecule has 2 aromatic rings. The lowest BCUT2D eigenvalue weighted by Gasteiger charge is -2.18. The van der Waals surface area contributed by atoms with Crippen LogP contribution < -0.4 is 14.8 Å². The first-order valence-corrected chi connectivity index (χ1v) is 6.67. The van der Waals surface area contributed by atoms with Crippen LogP contribution in [0.5, 0.6) is 11.5 Å². The lowest BCUT2D eigenvalue weighted by atomic mass is 10.1. The molecule has 3 N–H and O–H groups in total. The van der Waals surface area contributed by atoms with Gasteiger partial charge in [0, 0.05) is 23.7 Å². The number of nitrogens with zero attached hydrogens (tertiary/aromatic N) is 1. The number of aliphatic hydroxyl groups is 1. The van der Waals surface area contributed by atoms with Crippen LogP contribution in [0.4, 0.5) is 5.69 Å². The molecule has 0 spiro atoms. The number of hydrogen-bond donors (Lipinski definition) is 3. The largest absolute Gasteiger partial charge is 0.497 e. The van der Waals surface area contributed by atoms with Crippen molar-refractivity contribution < 1.29 is 24.5 Å². The van der Waals surface area contributed by atoms with Gasteiger partial charge in [0.05, 0.1) is 26.5 Å². The van der Waals surface area contributed by atoms with Crippen molar-refractivity contribution >= 4 is 22.6 Å². The van der Waals surface area contributed by atoms with Crippen LogP contribution in [0.3, 0.4) is 0 Å². The van der Waals surface area contributed by atoms with E-state index in [4.69, 9.17) is 9.47 Å². The predicted molar refractivity (Wildman–Crippen MR) is 82.0 cm³/mol. The van der Waals surface area contributed by atoms with Crippen molar-refractivity contribution in [3.05, 3.63) is 23.9 Å². The molecule has 1 aromatic heterocycles. The van der Waals surface area contributed by atoms with E-state index in [1.165, 1.54) is 20.4 Å². The average Bonchev–Trinajstić information content (AvgIpc) is 2.53. The third-order valence-corrected chi connectivity index (χ3v) is 3.26. The number of hydrogen-bond acceptors (Lipinski definition) is 6. The normalized spacial score (nSPS) is 12.0. The number of aliphatic hydroxyl groups excluding tert-OH is 1. The number of aromatic nitrogens is 1. The molecule has 2 rings (SSSR count). The fraction of sp³-hybridized carbons (Fsp3) is 0.333. The van der Waals surface area contributed by atoms with E-state index in [9.17, 15) is 15.0 Å². The van der Waals surface area contributed by atoms with Gasteiger partial charge in [0.25, 0.3) is 0 Å². The summed E-state index contributed by atoms with van der Waals surface area (Å²) >= 11 is 0. The van der Waals surface area contributed by atoms with Crippen molar-refractivity contribution in [2.24, 2.45) is 0 Å². The molecule has 22 heavy (non-hydrogen) atoms. The average molecular weight is 306 g/mol. The van der Waals surface area contributed by atoms with Gasteiger partial charge in [-0.15, -0.1) is 0 Å². The summed E-state index contributed by atoms with van der Waals surface area (Å²) in [5, 5.41) is 22.1. The van der Waals surface area contributed by atoms with Crippen molar-refractivity contribution in [1.29, 1.82) is 0 Å². The van der Waals surface area contributed by atoms with E-state index in [1.54, 1.807) is 19.1 Å². The molecule has 0 fully saturated rings. The number of pyridine rings is 1. The number of fused-ring (bicyclic) bond motifs is 1. The number of carboxylic acids is 1. The quantitative estimate of drug-likeness (QED) is 0.747. The van der Waals surface area contributed by atoms with Crippen LogP contribution in [0.2, 0.25) is 0 Å². The topological polar surface area (TPSA) is 101 Å². The Morgan fingerprint density at radius 1 is 1.36 bits per heavy atom. The van der Waals surface area contributed by atoms with Crippen LogP contribution in [0, 0.1) is 0 Å². The third-order valence-electron chi connectivity index (χ3n) is 3.26. The van der Waals surface area contributed by atoms with Gasteiger partial charge < -0.3 is 25.0 Å². The molecular formula is C15H18N2O5. The summed E-state index contributed by atoms with van der Waals surface area (Å²) in [4.78, 5) is 15.6. The molecule has 7 nitrogen and oxygen atoms in total. The van der Waals surface area contributed by atoms with E-state index < -0.39 is 5.97 Å². The van der Waals surface area contributed by atoms with Gasteiger partial charge in [-0.1, -0.05) is 0 Å². The monoisotopic (exact) mass is 306 g/mol. The number of anilines is 1. The minimum absolute atomic E-state index is 0.0168. The SMILES string of the molecule is COc1cc(OC)c2ncc(C(=O)O)c(N[C@@H](C)CO)c2c1. The number of benzene rings is 1. The molecule has 0 aliphatic heterocycles. The fourth-order valence-electron chi connectivity index (χ4n) is 2.13. The Kier molecular flexibility index (Phi) is 4.67. The van der Waals surface area contributed by atoms with E-state index in [2.05, 4.69) is 10.3 Å². The Morgan fingerprint density at radius 3 is 2.64 bits per heavy atom. The maximum Gasteiger partial charge on any atom is 0.339 e. The second-order valence-corrected chi connectivity index (χ2v) is 4.81. The summed E-state index contributed by atoms with van der Waals surface area (Å²) in [6, 6.07) is 3.04. The van der Waals surface area contributed by atoms with Gasteiger partial charge in [0.2, 0.25) is 0 Å². The first kappa shape index (κ1) is 15.8. The van der Waals surface area contributed by atoms with Crippen molar-refractivity contribution in [2.45, 2.75) is 13.0 Å². The van der Waals surface area contributed by atoms with Crippen LogP contribution in [-0.4, -0.2) is 48.0 Å². The molecule has 0 unspecified atom stereocenters. The number of nitrogens with one attached hydrogen (secondary N) is 1. The smallest absolute Gasteiger partial charge is 0.339 e. The molecule has 7 heteroatoms. The molecular weight excluding hydrogens is 288 g/mol. The molecule has 1 aromatic carbocycles. The van der Waals surface area contributed by atoms with Crippen molar-refractivity contribution in [1.82, 2.24) is 4.98 Å². The zero-order valence-corrected chi connectivity index (χ0v) is 12.6. The summed E-state index contributed by atoms with van der Waals surface area (Å²) < 4.78 is 10.5. The summed E-state index contributed by atoms with van der Waals surface area (Å²) in [5.74, 6) is -0.108. The van der Waals surface area contributed by atoms with Crippen molar-refractivity contribution in [2.75, 3.05) is 26.1 Å². The predicted octanol–water partition coefficient (Wildman–Crippen LogP) is 1.74. The molecule has 0 aliphatic carbocycles. The van der Waals surface area contributed by atoms with E-state index in [1.807, 2.05) is 0 Å². The van der Waals surface area contributed by atoms with Crippen LogP contribution in [0.25, 0.3) is 10.9 Å². The van der Waals surface area contributed by atoms with E-state index in [0.29, 0.717) is 28.1 Å². The number of ether oxygens (including phenoxy) is 2. The summed E-state index contributed by atoms with van der Waals surface area (Å²) in [6.45, 7) is 1.61. The number of aromatic carboxylic acids is 1. The first-order valence-electron chi connectivity index (χ1n) is 6.67. The highest BCUT2D eigenvalue weighted by Crippen LogP contribution is 2.35. The summed E-state index contributed by atoms with van der Waals surface area (Å²) in [7, 11) is 3.02. The zero-order chi connectivity index (χ0) is 16.3. The second-order valence-electron chi connectivity index (χ2n) is 4.81. The van der Waals surface area contributed by atoms with Gasteiger partial charge in [0.15, 0.2) is 0 Å².